The van der Waals surface area contributed by atoms with Gasteiger partial charge in [0.1, 0.15) is 0 Å². The molecule has 7 heteroatoms. The number of ether oxygens (including phenoxy) is 2. The first-order valence-corrected chi connectivity index (χ1v) is 9.11. The Balaban J connectivity index is 0.00000300. The number of nitrogens with zero attached hydrogens (tertiary/aromatic N) is 1. The van der Waals surface area contributed by atoms with Gasteiger partial charge in [-0.2, -0.15) is 0 Å². The molecule has 0 aliphatic heterocycles. The third kappa shape index (κ3) is 6.01. The molecule has 0 atom stereocenters. The summed E-state index contributed by atoms with van der Waals surface area (Å²) in [6.45, 7) is 0.449. The van der Waals surface area contributed by atoms with Gasteiger partial charge in [0.15, 0.2) is 17.5 Å². The average molecular weight is 524 g/mol. The minimum Gasteiger partial charge on any atom is -0.493 e. The van der Waals surface area contributed by atoms with Crippen molar-refractivity contribution in [2.75, 3.05) is 19.5 Å². The number of nitrogens with two attached hydrogens (primary N) is 1. The van der Waals surface area contributed by atoms with E-state index in [0.29, 0.717) is 29.0 Å². The molecule has 0 aromatic heterocycles. The van der Waals surface area contributed by atoms with Crippen LogP contribution in [-0.4, -0.2) is 20.2 Å². The second kappa shape index (κ2) is 10.9. The van der Waals surface area contributed by atoms with Gasteiger partial charge in [-0.1, -0.05) is 48.0 Å². The Hall–Kier alpha value is -2.45. The fraction of sp³-hybridized carbons (Fsp3) is 0.136. The highest BCUT2D eigenvalue weighted by atomic mass is 127. The number of aliphatic imine (C=N–C) groups is 1. The van der Waals surface area contributed by atoms with E-state index in [1.165, 1.54) is 0 Å². The summed E-state index contributed by atoms with van der Waals surface area (Å²) in [6.07, 6.45) is 0. The summed E-state index contributed by atoms with van der Waals surface area (Å²) in [5, 5.41) is 3.79. The highest BCUT2D eigenvalue weighted by Gasteiger charge is 2.07. The molecule has 0 saturated carbocycles. The van der Waals surface area contributed by atoms with Crippen molar-refractivity contribution in [3.63, 3.8) is 0 Å². The Labute approximate surface area is 192 Å². The molecule has 29 heavy (non-hydrogen) atoms. The molecule has 0 aliphatic carbocycles. The van der Waals surface area contributed by atoms with E-state index in [-0.39, 0.29) is 24.0 Å². The van der Waals surface area contributed by atoms with Gasteiger partial charge in [0.25, 0.3) is 0 Å². The van der Waals surface area contributed by atoms with Gasteiger partial charge in [-0.05, 0) is 41.0 Å². The topological polar surface area (TPSA) is 68.9 Å². The van der Waals surface area contributed by atoms with Gasteiger partial charge in [-0.25, -0.2) is 4.99 Å². The normalized spacial score (nSPS) is 10.8. The van der Waals surface area contributed by atoms with Crippen molar-refractivity contribution >= 4 is 47.2 Å². The summed E-state index contributed by atoms with van der Waals surface area (Å²) in [4.78, 5) is 4.48. The van der Waals surface area contributed by atoms with Crippen LogP contribution >= 0.6 is 35.6 Å². The quantitative estimate of drug-likeness (QED) is 0.252. The van der Waals surface area contributed by atoms with Crippen molar-refractivity contribution < 1.29 is 9.47 Å². The lowest BCUT2D eigenvalue weighted by molar-refractivity contribution is 0.355. The van der Waals surface area contributed by atoms with Crippen molar-refractivity contribution in [1.82, 2.24) is 0 Å². The van der Waals surface area contributed by atoms with E-state index in [1.807, 2.05) is 60.7 Å². The number of rotatable bonds is 6. The molecule has 5 nitrogen and oxygen atoms in total. The molecule has 3 aromatic rings. The molecule has 3 N–H and O–H groups in total. The molecule has 0 spiro atoms. The number of hydrogen-bond donors (Lipinski definition) is 2. The predicted octanol–water partition coefficient (Wildman–Crippen LogP) is 5.57. The fourth-order valence-corrected chi connectivity index (χ4v) is 2.97. The number of halogens is 2. The first-order chi connectivity index (χ1) is 13.6. The van der Waals surface area contributed by atoms with Gasteiger partial charge >= 0.3 is 0 Å². The van der Waals surface area contributed by atoms with Crippen molar-refractivity contribution in [2.24, 2.45) is 10.7 Å². The lowest BCUT2D eigenvalue weighted by atomic mass is 10.00. The molecule has 0 radical (unpaired) electrons. The molecule has 3 aromatic carbocycles. The van der Waals surface area contributed by atoms with Crippen molar-refractivity contribution in [2.45, 2.75) is 6.54 Å². The van der Waals surface area contributed by atoms with E-state index in [1.54, 1.807) is 14.2 Å². The molecule has 3 rings (SSSR count). The molecule has 0 fully saturated rings. The SMILES string of the molecule is COc1ccc(NC(N)=NCc2ccccc2-c2ccc(Cl)cc2)cc1OC.I. The monoisotopic (exact) mass is 523 g/mol. The molecule has 0 saturated heterocycles. The zero-order valence-electron chi connectivity index (χ0n) is 16.2. The van der Waals surface area contributed by atoms with E-state index < -0.39 is 0 Å². The Morgan fingerprint density at radius 3 is 2.34 bits per heavy atom. The van der Waals surface area contributed by atoms with Gasteiger partial charge in [-0.3, -0.25) is 0 Å². The van der Waals surface area contributed by atoms with E-state index >= 15 is 0 Å². The smallest absolute Gasteiger partial charge is 0.193 e. The number of benzene rings is 3. The molecule has 0 bridgehead atoms. The number of anilines is 1. The fourth-order valence-electron chi connectivity index (χ4n) is 2.84. The van der Waals surface area contributed by atoms with E-state index in [4.69, 9.17) is 26.8 Å². The maximum absolute atomic E-state index is 6.07. The van der Waals surface area contributed by atoms with Crippen LogP contribution in [0.15, 0.2) is 71.7 Å². The van der Waals surface area contributed by atoms with Gasteiger partial charge in [0.2, 0.25) is 0 Å². The minimum absolute atomic E-state index is 0. The minimum atomic E-state index is 0. The first-order valence-electron chi connectivity index (χ1n) is 8.73. The highest BCUT2D eigenvalue weighted by molar-refractivity contribution is 14.0. The van der Waals surface area contributed by atoms with Crippen LogP contribution in [0.3, 0.4) is 0 Å². The van der Waals surface area contributed by atoms with Crippen LogP contribution in [0.4, 0.5) is 5.69 Å². The molecule has 152 valence electrons. The zero-order chi connectivity index (χ0) is 19.9. The number of nitrogens with one attached hydrogen (secondary N) is 1. The molecular weight excluding hydrogens is 501 g/mol. The lowest BCUT2D eigenvalue weighted by Gasteiger charge is -2.11. The molecular formula is C22H23ClIN3O2. The van der Waals surface area contributed by atoms with Gasteiger partial charge in [0.05, 0.1) is 20.8 Å². The van der Waals surface area contributed by atoms with Crippen LogP contribution in [0.1, 0.15) is 5.56 Å². The van der Waals surface area contributed by atoms with Crippen LogP contribution in [-0.2, 0) is 6.54 Å². The van der Waals surface area contributed by atoms with Crippen LogP contribution in [0, 0.1) is 0 Å². The highest BCUT2D eigenvalue weighted by Crippen LogP contribution is 2.30. The maximum Gasteiger partial charge on any atom is 0.193 e. The van der Waals surface area contributed by atoms with Crippen molar-refractivity contribution in [3.8, 4) is 22.6 Å². The van der Waals surface area contributed by atoms with E-state index in [9.17, 15) is 0 Å². The van der Waals surface area contributed by atoms with Crippen LogP contribution in [0.2, 0.25) is 5.02 Å². The van der Waals surface area contributed by atoms with E-state index in [2.05, 4.69) is 16.4 Å². The molecule has 0 heterocycles. The summed E-state index contributed by atoms with van der Waals surface area (Å²) in [5.41, 5.74) is 10.1. The summed E-state index contributed by atoms with van der Waals surface area (Å²) in [6, 6.07) is 21.3. The van der Waals surface area contributed by atoms with Crippen LogP contribution in [0.25, 0.3) is 11.1 Å². The average Bonchev–Trinajstić information content (AvgIpc) is 2.73. The summed E-state index contributed by atoms with van der Waals surface area (Å²) in [5.74, 6) is 1.59. The summed E-state index contributed by atoms with van der Waals surface area (Å²) >= 11 is 6.00. The van der Waals surface area contributed by atoms with Gasteiger partial charge in [0, 0.05) is 16.8 Å². The Morgan fingerprint density at radius 1 is 0.966 bits per heavy atom. The zero-order valence-corrected chi connectivity index (χ0v) is 19.3. The summed E-state index contributed by atoms with van der Waals surface area (Å²) < 4.78 is 10.5. The lowest BCUT2D eigenvalue weighted by Crippen LogP contribution is -2.22. The molecule has 0 unspecified atom stereocenters. The maximum atomic E-state index is 6.07. The Morgan fingerprint density at radius 2 is 1.66 bits per heavy atom. The van der Waals surface area contributed by atoms with Crippen molar-refractivity contribution in [3.05, 3.63) is 77.3 Å². The standard InChI is InChI=1S/C22H22ClN3O2.HI/c1-27-20-12-11-18(13-21(20)28-2)26-22(24)25-14-16-5-3-4-6-19(16)15-7-9-17(23)10-8-15;/h3-13H,14H2,1-2H3,(H3,24,25,26);1H. The van der Waals surface area contributed by atoms with Gasteiger partial charge < -0.3 is 20.5 Å². The number of hydrogen-bond acceptors (Lipinski definition) is 3. The number of guanidine groups is 1. The van der Waals surface area contributed by atoms with E-state index in [0.717, 1.165) is 22.4 Å². The van der Waals surface area contributed by atoms with Crippen LogP contribution < -0.4 is 20.5 Å². The predicted molar refractivity (Wildman–Crippen MR) is 131 cm³/mol. The number of methoxy groups -OCH3 is 2. The first kappa shape index (κ1) is 22.8. The molecule has 0 aliphatic rings. The molecule has 0 amide bonds. The third-order valence-corrected chi connectivity index (χ3v) is 4.50. The van der Waals surface area contributed by atoms with Crippen LogP contribution in [0.5, 0.6) is 11.5 Å². The Bertz CT molecular complexity index is 978. The Kier molecular flexibility index (Phi) is 8.60. The largest absolute Gasteiger partial charge is 0.493 e. The van der Waals surface area contributed by atoms with Gasteiger partial charge in [-0.15, -0.1) is 24.0 Å². The van der Waals surface area contributed by atoms with Crippen molar-refractivity contribution in [1.29, 1.82) is 0 Å². The third-order valence-electron chi connectivity index (χ3n) is 4.25. The second-order valence-corrected chi connectivity index (χ2v) is 6.50. The second-order valence-electron chi connectivity index (χ2n) is 6.06. The summed E-state index contributed by atoms with van der Waals surface area (Å²) in [7, 11) is 3.19.